The molecule has 0 aromatic heterocycles. The first-order valence-electron chi connectivity index (χ1n) is 10.1. The Bertz CT molecular complexity index is 828. The van der Waals surface area contributed by atoms with Gasteiger partial charge < -0.3 is 20.3 Å². The van der Waals surface area contributed by atoms with E-state index in [1.54, 1.807) is 4.90 Å². The fraction of sp³-hybridized carbons (Fsp3) is 0.500. The lowest BCUT2D eigenvalue weighted by molar-refractivity contribution is -0.140. The summed E-state index contributed by atoms with van der Waals surface area (Å²) in [4.78, 5) is 26.8. The molecule has 0 unspecified atom stereocenters. The van der Waals surface area contributed by atoms with Crippen molar-refractivity contribution in [2.24, 2.45) is 11.8 Å². The maximum absolute atomic E-state index is 12.8. The molecule has 1 saturated carbocycles. The smallest absolute Gasteiger partial charge is 0.338 e. The van der Waals surface area contributed by atoms with Gasteiger partial charge in [0, 0.05) is 24.4 Å². The third kappa shape index (κ3) is 4.78. The molecule has 0 radical (unpaired) electrons. The number of allylic oxidation sites excluding steroid dienone is 1. The summed E-state index contributed by atoms with van der Waals surface area (Å²) in [5.41, 5.74) is 2.96. The van der Waals surface area contributed by atoms with Gasteiger partial charge in [0.1, 0.15) is 0 Å². The van der Waals surface area contributed by atoms with E-state index in [4.69, 9.17) is 17.0 Å². The van der Waals surface area contributed by atoms with Crippen LogP contribution in [0.3, 0.4) is 0 Å². The van der Waals surface area contributed by atoms with Crippen LogP contribution in [0.15, 0.2) is 35.5 Å². The highest BCUT2D eigenvalue weighted by atomic mass is 32.1. The van der Waals surface area contributed by atoms with Crippen molar-refractivity contribution in [2.75, 3.05) is 19.0 Å². The number of hydrogen-bond donors (Lipinski definition) is 2. The van der Waals surface area contributed by atoms with Gasteiger partial charge >= 0.3 is 5.97 Å². The number of hydrogen-bond acceptors (Lipinski definition) is 4. The van der Waals surface area contributed by atoms with Crippen LogP contribution in [0, 0.1) is 11.8 Å². The van der Waals surface area contributed by atoms with Gasteiger partial charge in [-0.1, -0.05) is 32.4 Å². The lowest BCUT2D eigenvalue weighted by atomic mass is 9.85. The molecule has 1 aromatic rings. The van der Waals surface area contributed by atoms with Gasteiger partial charge in [0.05, 0.1) is 18.2 Å². The molecular weight excluding hydrogens is 386 g/mol. The Kier molecular flexibility index (Phi) is 6.57. The van der Waals surface area contributed by atoms with E-state index in [0.29, 0.717) is 17.3 Å². The third-order valence-electron chi connectivity index (χ3n) is 5.51. The van der Waals surface area contributed by atoms with E-state index in [-0.39, 0.29) is 23.7 Å². The molecule has 1 fully saturated rings. The summed E-state index contributed by atoms with van der Waals surface area (Å²) in [6.45, 7) is 6.24. The second-order valence-corrected chi connectivity index (χ2v) is 8.56. The summed E-state index contributed by atoms with van der Waals surface area (Å²) >= 11 is 5.43. The van der Waals surface area contributed by atoms with E-state index < -0.39 is 6.04 Å². The van der Waals surface area contributed by atoms with Crippen LogP contribution in [0.1, 0.15) is 51.6 Å². The number of nitrogens with zero attached hydrogens (tertiary/aromatic N) is 1. The predicted octanol–water partition coefficient (Wildman–Crippen LogP) is 3.76. The molecule has 2 N–H and O–H groups in total. The molecule has 3 rings (SSSR count). The van der Waals surface area contributed by atoms with Gasteiger partial charge in [0.2, 0.25) is 5.91 Å². The van der Waals surface area contributed by atoms with Crippen LogP contribution in [-0.4, -0.2) is 35.5 Å². The van der Waals surface area contributed by atoms with Gasteiger partial charge in [0.15, 0.2) is 5.11 Å². The number of esters is 1. The van der Waals surface area contributed by atoms with Crippen molar-refractivity contribution >= 4 is 34.9 Å². The number of thiocarbonyl (C=S) groups is 1. The molecule has 1 aliphatic carbocycles. The fourth-order valence-corrected chi connectivity index (χ4v) is 3.60. The van der Waals surface area contributed by atoms with Gasteiger partial charge in [-0.3, -0.25) is 4.79 Å². The van der Waals surface area contributed by atoms with Crippen molar-refractivity contribution in [2.45, 2.75) is 46.1 Å². The first-order valence-corrected chi connectivity index (χ1v) is 10.5. The van der Waals surface area contributed by atoms with Crippen LogP contribution in [0.5, 0.6) is 0 Å². The molecule has 2 aliphatic rings. The van der Waals surface area contributed by atoms with Crippen LogP contribution in [-0.2, 0) is 14.3 Å². The average molecular weight is 416 g/mol. The van der Waals surface area contributed by atoms with Crippen LogP contribution in [0.25, 0.3) is 0 Å². The highest BCUT2D eigenvalue weighted by Crippen LogP contribution is 2.32. The normalized spacial score (nSPS) is 19.7. The molecule has 0 saturated heterocycles. The summed E-state index contributed by atoms with van der Waals surface area (Å²) in [6, 6.07) is 7.15. The van der Waals surface area contributed by atoms with Crippen molar-refractivity contribution in [3.05, 3.63) is 41.1 Å². The molecule has 1 aromatic carbocycles. The van der Waals surface area contributed by atoms with Crippen LogP contribution < -0.4 is 10.6 Å². The molecule has 0 bridgehead atoms. The van der Waals surface area contributed by atoms with Gasteiger partial charge in [0.25, 0.3) is 0 Å². The topological polar surface area (TPSA) is 70.7 Å². The second-order valence-electron chi connectivity index (χ2n) is 8.17. The number of ether oxygens (including phenoxy) is 1. The number of rotatable bonds is 6. The SMILES string of the molecule is CC1=C(C(=O)OCC(C)C)[C@H](c2ccc(NC(=O)C3CCC3)cc2)NC(=S)N1C. The Morgan fingerprint density at radius 1 is 1.28 bits per heavy atom. The number of nitrogens with one attached hydrogen (secondary N) is 2. The summed E-state index contributed by atoms with van der Waals surface area (Å²) in [5.74, 6) is 0.129. The quantitative estimate of drug-likeness (QED) is 0.545. The molecule has 1 amide bonds. The molecule has 0 spiro atoms. The molecule has 156 valence electrons. The van der Waals surface area contributed by atoms with E-state index in [9.17, 15) is 9.59 Å². The monoisotopic (exact) mass is 415 g/mol. The van der Waals surface area contributed by atoms with Gasteiger partial charge in [-0.25, -0.2) is 4.79 Å². The lowest BCUT2D eigenvalue weighted by Crippen LogP contribution is -2.46. The first kappa shape index (κ1) is 21.3. The van der Waals surface area contributed by atoms with E-state index in [1.807, 2.05) is 52.1 Å². The Morgan fingerprint density at radius 3 is 2.48 bits per heavy atom. The number of amides is 1. The van der Waals surface area contributed by atoms with E-state index >= 15 is 0 Å². The van der Waals surface area contributed by atoms with Crippen LogP contribution in [0.4, 0.5) is 5.69 Å². The van der Waals surface area contributed by atoms with E-state index in [1.165, 1.54) is 0 Å². The Balaban J connectivity index is 1.81. The molecule has 1 heterocycles. The van der Waals surface area contributed by atoms with Gasteiger partial charge in [-0.15, -0.1) is 0 Å². The molecule has 6 nitrogen and oxygen atoms in total. The fourth-order valence-electron chi connectivity index (χ4n) is 3.34. The zero-order chi connectivity index (χ0) is 21.1. The molecular formula is C22H29N3O3S. The zero-order valence-corrected chi connectivity index (χ0v) is 18.3. The summed E-state index contributed by atoms with van der Waals surface area (Å²) in [7, 11) is 1.83. The predicted molar refractivity (Wildman–Crippen MR) is 117 cm³/mol. The van der Waals surface area contributed by atoms with Gasteiger partial charge in [-0.2, -0.15) is 0 Å². The largest absolute Gasteiger partial charge is 0.462 e. The maximum atomic E-state index is 12.8. The second kappa shape index (κ2) is 8.95. The number of benzene rings is 1. The molecule has 1 atom stereocenters. The van der Waals surface area contributed by atoms with Crippen molar-refractivity contribution < 1.29 is 14.3 Å². The number of anilines is 1. The summed E-state index contributed by atoms with van der Waals surface area (Å²) in [6.07, 6.45) is 3.06. The summed E-state index contributed by atoms with van der Waals surface area (Å²) < 4.78 is 5.51. The van der Waals surface area contributed by atoms with Crippen LogP contribution >= 0.6 is 12.2 Å². The van der Waals surface area contributed by atoms with Crippen molar-refractivity contribution in [1.29, 1.82) is 0 Å². The first-order chi connectivity index (χ1) is 13.8. The minimum atomic E-state index is -0.394. The minimum absolute atomic E-state index is 0.0799. The van der Waals surface area contributed by atoms with E-state index in [2.05, 4.69) is 10.6 Å². The molecule has 7 heteroatoms. The average Bonchev–Trinajstić information content (AvgIpc) is 2.63. The highest BCUT2D eigenvalue weighted by Gasteiger charge is 2.33. The van der Waals surface area contributed by atoms with Crippen molar-refractivity contribution in [3.8, 4) is 0 Å². The van der Waals surface area contributed by atoms with E-state index in [0.717, 1.165) is 36.2 Å². The minimum Gasteiger partial charge on any atom is -0.462 e. The van der Waals surface area contributed by atoms with Crippen molar-refractivity contribution in [3.63, 3.8) is 0 Å². The summed E-state index contributed by atoms with van der Waals surface area (Å²) in [5, 5.41) is 6.76. The number of carbonyl (C=O) groups excluding carboxylic acids is 2. The standard InChI is InChI=1S/C22H29N3O3S/c1-13(2)12-28-21(27)18-14(3)25(4)22(29)24-19(18)15-8-10-17(11-9-15)23-20(26)16-6-5-7-16/h8-11,13,16,19H,5-7,12H2,1-4H3,(H,23,26)(H,24,29)/t19-/m0/s1. The Hall–Kier alpha value is -2.41. The Labute approximate surface area is 177 Å². The van der Waals surface area contributed by atoms with Crippen LogP contribution in [0.2, 0.25) is 0 Å². The zero-order valence-electron chi connectivity index (χ0n) is 17.5. The molecule has 1 aliphatic heterocycles. The van der Waals surface area contributed by atoms with Crippen molar-refractivity contribution in [1.82, 2.24) is 10.2 Å². The lowest BCUT2D eigenvalue weighted by Gasteiger charge is -2.35. The van der Waals surface area contributed by atoms with Gasteiger partial charge in [-0.05, 0) is 55.6 Å². The molecule has 29 heavy (non-hydrogen) atoms. The highest BCUT2D eigenvalue weighted by molar-refractivity contribution is 7.80. The maximum Gasteiger partial charge on any atom is 0.338 e. The third-order valence-corrected chi connectivity index (χ3v) is 5.90. The Morgan fingerprint density at radius 2 is 1.93 bits per heavy atom. The number of carbonyl (C=O) groups is 2.